The first-order valence-corrected chi connectivity index (χ1v) is 19.2. The molecule has 0 aromatic heterocycles. The molecule has 56 heavy (non-hydrogen) atoms. The Bertz CT molecular complexity index is 2170. The standard InChI is InChI=1S/C37H35Cl2N3O12S.Na/c1-20(43)53-18-25-19-55(51,52)34-30(33(45)42(34)31(25)36(48)49)41-32(44)27(11-6-14-40-37(50)54-17-24-12-13-26(38)16-28(24)39)22-9-5-10-23(15-22)29(35(46)47)21-7-3-2-4-8-21;/h2-5,7-10,12-13,15-16,27,29-30,34H,6,11,14,17-19H2,1H3,(H,40,50)(H,41,44)(H,46,47)(H,48,49);/q;+1/p-1/t27?,29?,30-,34+;/m1./s1. The van der Waals surface area contributed by atoms with Crippen LogP contribution in [0.4, 0.5) is 4.79 Å². The van der Waals surface area contributed by atoms with Crippen molar-refractivity contribution in [3.63, 3.8) is 0 Å². The van der Waals surface area contributed by atoms with Crippen LogP contribution >= 0.6 is 23.2 Å². The maximum absolute atomic E-state index is 14.0. The van der Waals surface area contributed by atoms with Gasteiger partial charge in [0.25, 0.3) is 5.91 Å². The van der Waals surface area contributed by atoms with E-state index in [1.165, 1.54) is 12.1 Å². The summed E-state index contributed by atoms with van der Waals surface area (Å²) >= 11 is 12.0. The van der Waals surface area contributed by atoms with Crippen molar-refractivity contribution in [2.45, 2.75) is 49.6 Å². The fourth-order valence-electron chi connectivity index (χ4n) is 6.42. The van der Waals surface area contributed by atoms with Crippen molar-refractivity contribution in [3.05, 3.63) is 116 Å². The molecule has 4 atom stereocenters. The summed E-state index contributed by atoms with van der Waals surface area (Å²) in [6, 6.07) is 17.6. The summed E-state index contributed by atoms with van der Waals surface area (Å²) in [5, 5.41) is 26.2. The maximum Gasteiger partial charge on any atom is 1.00 e. The monoisotopic (exact) mass is 837 g/mol. The van der Waals surface area contributed by atoms with Crippen LogP contribution in [0.5, 0.6) is 0 Å². The minimum atomic E-state index is -4.32. The summed E-state index contributed by atoms with van der Waals surface area (Å²) in [6.45, 7) is 0.190. The molecule has 2 unspecified atom stereocenters. The minimum absolute atomic E-state index is 0. The number of sulfone groups is 1. The zero-order valence-corrected chi connectivity index (χ0v) is 34.4. The van der Waals surface area contributed by atoms with Crippen LogP contribution in [0.25, 0.3) is 0 Å². The number of halogens is 2. The van der Waals surface area contributed by atoms with E-state index in [9.17, 15) is 47.4 Å². The molecule has 3 aromatic rings. The summed E-state index contributed by atoms with van der Waals surface area (Å²) in [4.78, 5) is 76.2. The number of aliphatic carboxylic acids is 2. The number of carbonyl (C=O) groups is 6. The van der Waals surface area contributed by atoms with E-state index >= 15 is 0 Å². The van der Waals surface area contributed by atoms with E-state index in [1.54, 1.807) is 60.7 Å². The van der Waals surface area contributed by atoms with Crippen LogP contribution in [-0.2, 0) is 49.9 Å². The number of fused-ring (bicyclic) bond motifs is 1. The maximum atomic E-state index is 14.0. The molecular formula is C37H34Cl2N3NaO12S. The van der Waals surface area contributed by atoms with E-state index in [4.69, 9.17) is 32.7 Å². The van der Waals surface area contributed by atoms with Gasteiger partial charge >= 0.3 is 47.6 Å². The Morgan fingerprint density at radius 2 is 1.62 bits per heavy atom. The summed E-state index contributed by atoms with van der Waals surface area (Å²) < 4.78 is 36.7. The number of alkyl carbamates (subject to hydrolysis) is 1. The molecule has 2 aliphatic heterocycles. The van der Waals surface area contributed by atoms with Crippen molar-refractivity contribution in [3.8, 4) is 0 Å². The van der Waals surface area contributed by atoms with E-state index < -0.39 is 87.0 Å². The number of nitrogens with zero attached hydrogens (tertiary/aromatic N) is 1. The largest absolute Gasteiger partial charge is 1.00 e. The van der Waals surface area contributed by atoms with Gasteiger partial charge < -0.3 is 35.1 Å². The van der Waals surface area contributed by atoms with Gasteiger partial charge in [0.2, 0.25) is 5.91 Å². The van der Waals surface area contributed by atoms with Crippen LogP contribution in [0.1, 0.15) is 53.9 Å². The number of rotatable bonds is 15. The number of hydrogen-bond acceptors (Lipinski definition) is 11. The summed E-state index contributed by atoms with van der Waals surface area (Å²) in [7, 11) is -4.32. The van der Waals surface area contributed by atoms with Gasteiger partial charge in [-0.2, -0.15) is 0 Å². The summed E-state index contributed by atoms with van der Waals surface area (Å²) in [5.74, 6) is -8.80. The van der Waals surface area contributed by atoms with E-state index in [2.05, 4.69) is 10.6 Å². The zero-order valence-electron chi connectivity index (χ0n) is 30.0. The number of ether oxygens (including phenoxy) is 2. The molecule has 3 N–H and O–H groups in total. The van der Waals surface area contributed by atoms with Crippen molar-refractivity contribution >= 4 is 68.9 Å². The van der Waals surface area contributed by atoms with Crippen molar-refractivity contribution < 1.29 is 86.4 Å². The van der Waals surface area contributed by atoms with Gasteiger partial charge in [-0.25, -0.2) is 13.2 Å². The Labute approximate surface area is 353 Å². The molecule has 290 valence electrons. The van der Waals surface area contributed by atoms with E-state index in [0.717, 1.165) is 6.92 Å². The number of amides is 3. The zero-order chi connectivity index (χ0) is 40.0. The average Bonchev–Trinajstić information content (AvgIpc) is 3.12. The molecule has 2 heterocycles. The van der Waals surface area contributed by atoms with E-state index in [-0.39, 0.29) is 61.1 Å². The van der Waals surface area contributed by atoms with Crippen molar-refractivity contribution in [2.75, 3.05) is 18.9 Å². The van der Waals surface area contributed by atoms with Gasteiger partial charge in [0.05, 0.1) is 23.3 Å². The topological polar surface area (TPSA) is 226 Å². The molecule has 0 saturated carbocycles. The van der Waals surface area contributed by atoms with Crippen molar-refractivity contribution in [1.29, 1.82) is 0 Å². The van der Waals surface area contributed by atoms with Crippen LogP contribution in [0.3, 0.4) is 0 Å². The number of carboxylic acids is 2. The van der Waals surface area contributed by atoms with Crippen LogP contribution < -0.4 is 45.3 Å². The Morgan fingerprint density at radius 3 is 2.27 bits per heavy atom. The molecule has 0 radical (unpaired) electrons. The first-order chi connectivity index (χ1) is 26.1. The van der Waals surface area contributed by atoms with Gasteiger partial charge in [-0.15, -0.1) is 0 Å². The number of hydrogen-bond donors (Lipinski definition) is 3. The molecule has 5 rings (SSSR count). The van der Waals surface area contributed by atoms with Gasteiger partial charge in [-0.05, 0) is 41.7 Å². The smallest absolute Gasteiger partial charge is 0.543 e. The Hall–Kier alpha value is -4.45. The molecular weight excluding hydrogens is 804 g/mol. The van der Waals surface area contributed by atoms with Gasteiger partial charge in [0, 0.05) is 34.7 Å². The molecule has 3 amide bonds. The van der Waals surface area contributed by atoms with Gasteiger partial charge in [-0.3, -0.25) is 24.1 Å². The van der Waals surface area contributed by atoms with Crippen molar-refractivity contribution in [2.24, 2.45) is 0 Å². The number of carboxylic acid groups (broad SMARTS) is 2. The molecule has 3 aromatic carbocycles. The van der Waals surface area contributed by atoms with E-state index in [1.807, 2.05) is 0 Å². The number of esters is 1. The van der Waals surface area contributed by atoms with Gasteiger partial charge in [0.1, 0.15) is 25.2 Å². The molecule has 2 aliphatic rings. The number of β-lactam (4-membered cyclic amide) rings is 1. The molecule has 15 nitrogen and oxygen atoms in total. The predicted octanol–water partition coefficient (Wildman–Crippen LogP) is -0.347. The third-order valence-electron chi connectivity index (χ3n) is 8.96. The Kier molecular flexibility index (Phi) is 15.1. The first-order valence-electron chi connectivity index (χ1n) is 16.7. The van der Waals surface area contributed by atoms with Gasteiger partial charge in [-0.1, -0.05) is 83.9 Å². The summed E-state index contributed by atoms with van der Waals surface area (Å²) in [5.41, 5.74) is 0.515. The second kappa shape index (κ2) is 19.1. The van der Waals surface area contributed by atoms with Crippen LogP contribution in [0.15, 0.2) is 84.1 Å². The third-order valence-corrected chi connectivity index (χ3v) is 11.5. The first kappa shape index (κ1) is 44.3. The van der Waals surface area contributed by atoms with Crippen LogP contribution in [0, 0.1) is 0 Å². The summed E-state index contributed by atoms with van der Waals surface area (Å²) in [6.07, 6.45) is -0.613. The molecule has 19 heteroatoms. The Balaban J connectivity index is 0.00000696. The molecule has 0 aliphatic carbocycles. The van der Waals surface area contributed by atoms with Crippen LogP contribution in [0.2, 0.25) is 10.0 Å². The average molecular weight is 839 g/mol. The number of nitrogens with one attached hydrogen (secondary N) is 2. The fraction of sp³-hybridized carbons (Fsp3) is 0.297. The third kappa shape index (κ3) is 10.3. The second-order valence-electron chi connectivity index (χ2n) is 12.7. The molecule has 0 spiro atoms. The predicted molar refractivity (Wildman–Crippen MR) is 194 cm³/mol. The quantitative estimate of drug-likeness (QED) is 0.0774. The second-order valence-corrected chi connectivity index (χ2v) is 15.6. The fourth-order valence-corrected chi connectivity index (χ4v) is 8.89. The van der Waals surface area contributed by atoms with Gasteiger partial charge in [0.15, 0.2) is 15.2 Å². The molecule has 1 saturated heterocycles. The normalized spacial score (nSPS) is 17.9. The number of carbonyl (C=O) groups excluding carboxylic acids is 5. The SMILES string of the molecule is CC(=O)OCC1=C(C(=O)[O-])N2C(=O)[C@@H](NC(=O)C(CCCNC(=O)OCc3ccc(Cl)cc3Cl)c3cccc(C(C(=O)O)c4ccccc4)c3)[C@@H]2S(=O)(=O)C1.[Na+]. The van der Waals surface area contributed by atoms with Crippen LogP contribution in [-0.4, -0.2) is 84.6 Å². The van der Waals surface area contributed by atoms with E-state index in [0.29, 0.717) is 37.2 Å². The number of benzene rings is 3. The Morgan fingerprint density at radius 1 is 0.946 bits per heavy atom. The van der Waals surface area contributed by atoms with Crippen molar-refractivity contribution in [1.82, 2.24) is 15.5 Å². The molecule has 1 fully saturated rings. The minimum Gasteiger partial charge on any atom is -0.543 e. The molecule has 0 bridgehead atoms.